The minimum atomic E-state index is -3.85. The van der Waals surface area contributed by atoms with Gasteiger partial charge in [-0.1, -0.05) is 18.2 Å². The third-order valence-corrected chi connectivity index (χ3v) is 6.41. The minimum Gasteiger partial charge on any atom is -0.467 e. The van der Waals surface area contributed by atoms with Gasteiger partial charge in [-0.3, -0.25) is 9.59 Å². The van der Waals surface area contributed by atoms with Crippen LogP contribution in [0.2, 0.25) is 0 Å². The largest absolute Gasteiger partial charge is 0.467 e. The summed E-state index contributed by atoms with van der Waals surface area (Å²) < 4.78 is 36.5. The molecule has 10 nitrogen and oxygen atoms in total. The van der Waals surface area contributed by atoms with E-state index >= 15 is 0 Å². The number of carbonyl (C=O) groups excluding carboxylic acids is 3. The molecule has 0 unspecified atom stereocenters. The van der Waals surface area contributed by atoms with Crippen LogP contribution in [0.1, 0.15) is 6.92 Å². The van der Waals surface area contributed by atoms with Crippen molar-refractivity contribution in [2.24, 2.45) is 0 Å². The summed E-state index contributed by atoms with van der Waals surface area (Å²) in [6.45, 7) is 0.989. The van der Waals surface area contributed by atoms with Gasteiger partial charge in [-0.15, -0.1) is 0 Å². The van der Waals surface area contributed by atoms with E-state index in [2.05, 4.69) is 10.1 Å². The molecule has 160 valence electrons. The van der Waals surface area contributed by atoms with Gasteiger partial charge in [0.2, 0.25) is 21.8 Å². The SMILES string of the molecule is COCC(=O)N1CCN(S(=O)(=O)c2ccccc2)C[C@@H]1C(=O)N[C@H](C)C(=O)OC. The normalized spacial score (nSPS) is 18.7. The Hall–Kier alpha value is -2.50. The van der Waals surface area contributed by atoms with Crippen LogP contribution in [0.15, 0.2) is 35.2 Å². The van der Waals surface area contributed by atoms with Crippen LogP contribution < -0.4 is 5.32 Å². The van der Waals surface area contributed by atoms with E-state index in [4.69, 9.17) is 4.74 Å². The van der Waals surface area contributed by atoms with Crippen molar-refractivity contribution < 1.29 is 32.3 Å². The number of nitrogens with one attached hydrogen (secondary N) is 1. The fraction of sp³-hybridized carbons (Fsp3) is 0.500. The van der Waals surface area contributed by atoms with E-state index in [9.17, 15) is 22.8 Å². The van der Waals surface area contributed by atoms with E-state index in [0.29, 0.717) is 0 Å². The van der Waals surface area contributed by atoms with Crippen molar-refractivity contribution in [1.29, 1.82) is 0 Å². The summed E-state index contributed by atoms with van der Waals surface area (Å²) in [5.41, 5.74) is 0. The molecule has 1 aliphatic heterocycles. The van der Waals surface area contributed by atoms with E-state index in [-0.39, 0.29) is 31.1 Å². The molecule has 29 heavy (non-hydrogen) atoms. The molecule has 0 aliphatic carbocycles. The highest BCUT2D eigenvalue weighted by Gasteiger charge is 2.40. The number of amides is 2. The number of hydrogen-bond acceptors (Lipinski definition) is 7. The predicted molar refractivity (Wildman–Crippen MR) is 102 cm³/mol. The van der Waals surface area contributed by atoms with Crippen LogP contribution in [0.3, 0.4) is 0 Å². The smallest absolute Gasteiger partial charge is 0.328 e. The molecular formula is C18H25N3O7S. The third kappa shape index (κ3) is 5.31. The first-order chi connectivity index (χ1) is 13.7. The maximum absolute atomic E-state index is 12.9. The summed E-state index contributed by atoms with van der Waals surface area (Å²) >= 11 is 0. The number of carbonyl (C=O) groups is 3. The quantitative estimate of drug-likeness (QED) is 0.566. The van der Waals surface area contributed by atoms with Crippen molar-refractivity contribution in [3.8, 4) is 0 Å². The second-order valence-corrected chi connectivity index (χ2v) is 8.40. The van der Waals surface area contributed by atoms with Crippen LogP contribution >= 0.6 is 0 Å². The lowest BCUT2D eigenvalue weighted by molar-refractivity contribution is -0.148. The van der Waals surface area contributed by atoms with Crippen molar-refractivity contribution in [1.82, 2.24) is 14.5 Å². The Morgan fingerprint density at radius 3 is 2.41 bits per heavy atom. The monoisotopic (exact) mass is 427 g/mol. The van der Waals surface area contributed by atoms with Gasteiger partial charge in [-0.05, 0) is 19.1 Å². The van der Waals surface area contributed by atoms with Crippen LogP contribution in [0.25, 0.3) is 0 Å². The Bertz CT molecular complexity index is 844. The molecule has 1 aromatic rings. The third-order valence-electron chi connectivity index (χ3n) is 4.53. The highest BCUT2D eigenvalue weighted by atomic mass is 32.2. The summed E-state index contributed by atoms with van der Waals surface area (Å²) in [6, 6.07) is 5.77. The molecular weight excluding hydrogens is 402 g/mol. The average Bonchev–Trinajstić information content (AvgIpc) is 2.73. The van der Waals surface area contributed by atoms with Gasteiger partial charge < -0.3 is 19.7 Å². The van der Waals surface area contributed by atoms with Gasteiger partial charge in [0.15, 0.2) is 0 Å². The molecule has 11 heteroatoms. The summed E-state index contributed by atoms with van der Waals surface area (Å²) in [5, 5.41) is 2.47. The number of rotatable bonds is 7. The fourth-order valence-electron chi connectivity index (χ4n) is 2.99. The summed E-state index contributed by atoms with van der Waals surface area (Å²) in [6.07, 6.45) is 0. The van der Waals surface area contributed by atoms with Gasteiger partial charge >= 0.3 is 5.97 Å². The van der Waals surface area contributed by atoms with Crippen LogP contribution in [-0.2, 0) is 33.9 Å². The molecule has 2 rings (SSSR count). The summed E-state index contributed by atoms with van der Waals surface area (Å²) in [4.78, 5) is 38.1. The Labute approximate surface area is 169 Å². The zero-order valence-corrected chi connectivity index (χ0v) is 17.3. The Morgan fingerprint density at radius 1 is 1.17 bits per heavy atom. The zero-order chi connectivity index (χ0) is 21.6. The molecule has 0 saturated carbocycles. The molecule has 1 fully saturated rings. The van der Waals surface area contributed by atoms with E-state index in [1.54, 1.807) is 18.2 Å². The van der Waals surface area contributed by atoms with Crippen molar-refractivity contribution in [3.05, 3.63) is 30.3 Å². The van der Waals surface area contributed by atoms with E-state index in [1.807, 2.05) is 0 Å². The first kappa shape index (κ1) is 22.8. The van der Waals surface area contributed by atoms with Gasteiger partial charge in [-0.25, -0.2) is 13.2 Å². The molecule has 2 amide bonds. The summed E-state index contributed by atoms with van der Waals surface area (Å²) in [7, 11) is -1.31. The van der Waals surface area contributed by atoms with Gasteiger partial charge in [0, 0.05) is 26.7 Å². The molecule has 1 aliphatic rings. The number of methoxy groups -OCH3 is 2. The highest BCUT2D eigenvalue weighted by Crippen LogP contribution is 2.20. The fourth-order valence-corrected chi connectivity index (χ4v) is 4.45. The van der Waals surface area contributed by atoms with Crippen LogP contribution in [-0.4, -0.2) is 88.0 Å². The molecule has 1 heterocycles. The molecule has 1 N–H and O–H groups in total. The van der Waals surface area contributed by atoms with E-state index in [0.717, 1.165) is 4.31 Å². The van der Waals surface area contributed by atoms with Crippen molar-refractivity contribution in [2.75, 3.05) is 40.5 Å². The topological polar surface area (TPSA) is 122 Å². The van der Waals surface area contributed by atoms with Crippen molar-refractivity contribution in [3.63, 3.8) is 0 Å². The predicted octanol–water partition coefficient (Wildman–Crippen LogP) is -0.788. The minimum absolute atomic E-state index is 0.0128. The maximum atomic E-state index is 12.9. The van der Waals surface area contributed by atoms with E-state index < -0.39 is 39.9 Å². The number of ether oxygens (including phenoxy) is 2. The lowest BCUT2D eigenvalue weighted by Gasteiger charge is -2.40. The second kappa shape index (κ2) is 9.81. The highest BCUT2D eigenvalue weighted by molar-refractivity contribution is 7.89. The Kier molecular flexibility index (Phi) is 7.71. The molecule has 0 radical (unpaired) electrons. The maximum Gasteiger partial charge on any atom is 0.328 e. The molecule has 0 spiro atoms. The Balaban J connectivity index is 2.27. The van der Waals surface area contributed by atoms with Gasteiger partial charge in [0.1, 0.15) is 18.7 Å². The van der Waals surface area contributed by atoms with Crippen molar-refractivity contribution in [2.45, 2.75) is 23.9 Å². The summed E-state index contributed by atoms with van der Waals surface area (Å²) in [5.74, 6) is -1.76. The lowest BCUT2D eigenvalue weighted by atomic mass is 10.1. The number of piperazine rings is 1. The number of esters is 1. The molecule has 0 bridgehead atoms. The number of sulfonamides is 1. The molecule has 1 saturated heterocycles. The molecule has 1 aromatic carbocycles. The molecule has 0 aromatic heterocycles. The lowest BCUT2D eigenvalue weighted by Crippen LogP contribution is -2.63. The second-order valence-electron chi connectivity index (χ2n) is 6.47. The first-order valence-electron chi connectivity index (χ1n) is 8.94. The average molecular weight is 427 g/mol. The zero-order valence-electron chi connectivity index (χ0n) is 16.5. The van der Waals surface area contributed by atoms with E-state index in [1.165, 1.54) is 38.2 Å². The van der Waals surface area contributed by atoms with Crippen molar-refractivity contribution >= 4 is 27.8 Å². The van der Waals surface area contributed by atoms with Crippen LogP contribution in [0.4, 0.5) is 0 Å². The standard InChI is InChI=1S/C18H25N3O7S/c1-13(18(24)28-3)19-17(23)15-11-20(9-10-21(15)16(22)12-27-2)29(25,26)14-7-5-4-6-8-14/h4-8,13,15H,9-12H2,1-3H3,(H,19,23)/t13-,15-/m1/s1. The first-order valence-corrected chi connectivity index (χ1v) is 10.4. The van der Waals surface area contributed by atoms with Crippen LogP contribution in [0.5, 0.6) is 0 Å². The molecule has 2 atom stereocenters. The Morgan fingerprint density at radius 2 is 1.83 bits per heavy atom. The van der Waals surface area contributed by atoms with Gasteiger partial charge in [0.05, 0.1) is 12.0 Å². The number of benzene rings is 1. The van der Waals surface area contributed by atoms with Crippen LogP contribution in [0, 0.1) is 0 Å². The van der Waals surface area contributed by atoms with Gasteiger partial charge in [0.25, 0.3) is 0 Å². The number of hydrogen-bond donors (Lipinski definition) is 1. The number of nitrogens with zero attached hydrogens (tertiary/aromatic N) is 2. The van der Waals surface area contributed by atoms with Gasteiger partial charge in [-0.2, -0.15) is 4.31 Å².